The van der Waals surface area contributed by atoms with E-state index in [-0.39, 0.29) is 11.9 Å². The van der Waals surface area contributed by atoms with E-state index in [1.165, 1.54) is 0 Å². The molecule has 0 aromatic heterocycles. The number of hydrogen-bond donors (Lipinski definition) is 2. The number of nitrogens with zero attached hydrogens (tertiary/aromatic N) is 1. The highest BCUT2D eigenvalue weighted by Crippen LogP contribution is 2.15. The Hall–Kier alpha value is -3.02. The molecule has 6 nitrogen and oxygen atoms in total. The molecular formula is C21H25N3O3. The minimum atomic E-state index is -0.149. The Balaban J connectivity index is 1.54. The number of amides is 3. The van der Waals surface area contributed by atoms with Crippen molar-refractivity contribution in [2.75, 3.05) is 25.0 Å². The molecule has 2 aromatic rings. The average Bonchev–Trinajstić information content (AvgIpc) is 3.22. The molecule has 0 aliphatic carbocycles. The minimum absolute atomic E-state index is 0.0666. The first-order valence-corrected chi connectivity index (χ1v) is 9.31. The van der Waals surface area contributed by atoms with Gasteiger partial charge in [-0.2, -0.15) is 0 Å². The van der Waals surface area contributed by atoms with Crippen LogP contribution in [0.15, 0.2) is 48.5 Å². The number of hydrogen-bond acceptors (Lipinski definition) is 3. The maximum atomic E-state index is 12.3. The van der Waals surface area contributed by atoms with Gasteiger partial charge in [0.25, 0.3) is 5.91 Å². The molecule has 0 spiro atoms. The Bertz CT molecular complexity index is 784. The number of ether oxygens (including phenoxy) is 1. The van der Waals surface area contributed by atoms with Gasteiger partial charge in [-0.25, -0.2) is 4.79 Å². The van der Waals surface area contributed by atoms with Gasteiger partial charge in [-0.05, 0) is 61.7 Å². The average molecular weight is 367 g/mol. The fourth-order valence-electron chi connectivity index (χ4n) is 3.04. The second-order valence-corrected chi connectivity index (χ2v) is 6.46. The molecule has 1 heterocycles. The summed E-state index contributed by atoms with van der Waals surface area (Å²) in [5.41, 5.74) is 2.24. The predicted octanol–water partition coefficient (Wildman–Crippen LogP) is 3.64. The molecule has 6 heteroatoms. The van der Waals surface area contributed by atoms with Gasteiger partial charge in [0.15, 0.2) is 0 Å². The third kappa shape index (κ3) is 5.23. The Morgan fingerprint density at radius 2 is 1.81 bits per heavy atom. The van der Waals surface area contributed by atoms with E-state index >= 15 is 0 Å². The van der Waals surface area contributed by atoms with Crippen LogP contribution in [0.4, 0.5) is 10.5 Å². The lowest BCUT2D eigenvalue weighted by atomic mass is 10.1. The molecular weight excluding hydrogens is 342 g/mol. The first kappa shape index (κ1) is 18.8. The smallest absolute Gasteiger partial charge is 0.321 e. The van der Waals surface area contributed by atoms with E-state index in [4.69, 9.17) is 4.74 Å². The molecule has 3 rings (SSSR count). The first-order chi connectivity index (χ1) is 13.2. The van der Waals surface area contributed by atoms with Crippen LogP contribution in [-0.2, 0) is 6.54 Å². The Labute approximate surface area is 159 Å². The summed E-state index contributed by atoms with van der Waals surface area (Å²) in [6.07, 6.45) is 2.12. The van der Waals surface area contributed by atoms with Crippen LogP contribution in [0.5, 0.6) is 5.75 Å². The summed E-state index contributed by atoms with van der Waals surface area (Å²) in [5.74, 6) is 0.597. The Morgan fingerprint density at radius 1 is 1.07 bits per heavy atom. The summed E-state index contributed by atoms with van der Waals surface area (Å²) < 4.78 is 5.38. The summed E-state index contributed by atoms with van der Waals surface area (Å²) in [6, 6.07) is 14.5. The van der Waals surface area contributed by atoms with Crippen molar-refractivity contribution in [1.82, 2.24) is 10.2 Å². The monoisotopic (exact) mass is 367 g/mol. The van der Waals surface area contributed by atoms with Crippen molar-refractivity contribution in [3.05, 3.63) is 59.7 Å². The number of urea groups is 1. The molecule has 142 valence electrons. The van der Waals surface area contributed by atoms with Crippen molar-refractivity contribution in [2.45, 2.75) is 26.3 Å². The van der Waals surface area contributed by atoms with Crippen molar-refractivity contribution < 1.29 is 14.3 Å². The van der Waals surface area contributed by atoms with Crippen LogP contribution in [0.1, 0.15) is 35.7 Å². The van der Waals surface area contributed by atoms with Crippen LogP contribution in [0, 0.1) is 0 Å². The van der Waals surface area contributed by atoms with Gasteiger partial charge in [0, 0.05) is 30.9 Å². The van der Waals surface area contributed by atoms with Crippen molar-refractivity contribution >= 4 is 17.6 Å². The van der Waals surface area contributed by atoms with Crippen LogP contribution < -0.4 is 15.4 Å². The van der Waals surface area contributed by atoms with Crippen molar-refractivity contribution in [3.63, 3.8) is 0 Å². The third-order valence-corrected chi connectivity index (χ3v) is 4.45. The second kappa shape index (κ2) is 9.07. The lowest BCUT2D eigenvalue weighted by molar-refractivity contribution is 0.0951. The van der Waals surface area contributed by atoms with Gasteiger partial charge in [-0.15, -0.1) is 0 Å². The zero-order valence-electron chi connectivity index (χ0n) is 15.5. The van der Waals surface area contributed by atoms with Crippen LogP contribution in [0.2, 0.25) is 0 Å². The van der Waals surface area contributed by atoms with Gasteiger partial charge in [-0.1, -0.05) is 12.1 Å². The molecule has 0 radical (unpaired) electrons. The van der Waals surface area contributed by atoms with Crippen molar-refractivity contribution in [1.29, 1.82) is 0 Å². The molecule has 1 aliphatic rings. The molecule has 27 heavy (non-hydrogen) atoms. The van der Waals surface area contributed by atoms with Crippen LogP contribution in [0.3, 0.4) is 0 Å². The highest BCUT2D eigenvalue weighted by atomic mass is 16.5. The highest BCUT2D eigenvalue weighted by Gasteiger charge is 2.17. The highest BCUT2D eigenvalue weighted by molar-refractivity contribution is 5.94. The standard InChI is InChI=1S/C21H25N3O3/c1-2-27-19-10-8-17(9-11-19)20(25)22-15-16-6-5-7-18(14-16)23-21(26)24-12-3-4-13-24/h5-11,14H,2-4,12-13,15H2,1H3,(H,22,25)(H,23,26). The number of nitrogens with one attached hydrogen (secondary N) is 2. The van der Waals surface area contributed by atoms with E-state index in [0.29, 0.717) is 18.7 Å². The minimum Gasteiger partial charge on any atom is -0.494 e. The molecule has 0 atom stereocenters. The number of benzene rings is 2. The normalized spacial score (nSPS) is 13.3. The number of carbonyl (C=O) groups is 2. The van der Waals surface area contributed by atoms with E-state index < -0.39 is 0 Å². The van der Waals surface area contributed by atoms with Gasteiger partial charge < -0.3 is 20.3 Å². The molecule has 0 unspecified atom stereocenters. The Kier molecular flexibility index (Phi) is 6.30. The predicted molar refractivity (Wildman–Crippen MR) is 105 cm³/mol. The molecule has 1 aliphatic heterocycles. The second-order valence-electron chi connectivity index (χ2n) is 6.46. The number of carbonyl (C=O) groups excluding carboxylic acids is 2. The molecule has 1 fully saturated rings. The zero-order chi connectivity index (χ0) is 19.1. The summed E-state index contributed by atoms with van der Waals surface area (Å²) in [4.78, 5) is 26.3. The Morgan fingerprint density at radius 3 is 2.52 bits per heavy atom. The maximum absolute atomic E-state index is 12.3. The molecule has 1 saturated heterocycles. The molecule has 0 bridgehead atoms. The summed E-state index contributed by atoms with van der Waals surface area (Å²) in [7, 11) is 0. The van der Waals surface area contributed by atoms with Gasteiger partial charge in [0.1, 0.15) is 5.75 Å². The lowest BCUT2D eigenvalue weighted by Gasteiger charge is -2.16. The van der Waals surface area contributed by atoms with E-state index in [1.54, 1.807) is 24.3 Å². The van der Waals surface area contributed by atoms with Crippen molar-refractivity contribution in [2.24, 2.45) is 0 Å². The quantitative estimate of drug-likeness (QED) is 0.819. The topological polar surface area (TPSA) is 70.7 Å². The maximum Gasteiger partial charge on any atom is 0.321 e. The summed E-state index contributed by atoms with van der Waals surface area (Å²) in [6.45, 7) is 4.52. The molecule has 2 aromatic carbocycles. The lowest BCUT2D eigenvalue weighted by Crippen LogP contribution is -2.32. The van der Waals surface area contributed by atoms with Crippen LogP contribution >= 0.6 is 0 Å². The first-order valence-electron chi connectivity index (χ1n) is 9.31. The molecule has 3 amide bonds. The van der Waals surface area contributed by atoms with E-state index in [2.05, 4.69) is 10.6 Å². The largest absolute Gasteiger partial charge is 0.494 e. The molecule has 2 N–H and O–H groups in total. The van der Waals surface area contributed by atoms with Gasteiger partial charge in [0.2, 0.25) is 0 Å². The SMILES string of the molecule is CCOc1ccc(C(=O)NCc2cccc(NC(=O)N3CCCC3)c2)cc1. The number of anilines is 1. The summed E-state index contributed by atoms with van der Waals surface area (Å²) in [5, 5.41) is 5.82. The zero-order valence-corrected chi connectivity index (χ0v) is 15.5. The van der Waals surface area contributed by atoms with E-state index in [0.717, 1.165) is 42.9 Å². The number of likely N-dealkylation sites (tertiary alicyclic amines) is 1. The van der Waals surface area contributed by atoms with Gasteiger partial charge in [-0.3, -0.25) is 4.79 Å². The third-order valence-electron chi connectivity index (χ3n) is 4.45. The fourth-order valence-corrected chi connectivity index (χ4v) is 3.04. The van der Waals surface area contributed by atoms with Crippen molar-refractivity contribution in [3.8, 4) is 5.75 Å². The van der Waals surface area contributed by atoms with Crippen LogP contribution in [0.25, 0.3) is 0 Å². The number of rotatable bonds is 6. The van der Waals surface area contributed by atoms with E-state index in [1.807, 2.05) is 36.1 Å². The van der Waals surface area contributed by atoms with Gasteiger partial charge >= 0.3 is 6.03 Å². The summed E-state index contributed by atoms with van der Waals surface area (Å²) >= 11 is 0. The van der Waals surface area contributed by atoms with Gasteiger partial charge in [0.05, 0.1) is 6.61 Å². The fraction of sp³-hybridized carbons (Fsp3) is 0.333. The van der Waals surface area contributed by atoms with Crippen LogP contribution in [-0.4, -0.2) is 36.5 Å². The molecule has 0 saturated carbocycles. The van der Waals surface area contributed by atoms with E-state index in [9.17, 15) is 9.59 Å².